The first-order chi connectivity index (χ1) is 6.06. The van der Waals surface area contributed by atoms with Crippen LogP contribution in [0.1, 0.15) is 15.9 Å². The maximum Gasteiger partial charge on any atom is 0.256 e. The van der Waals surface area contributed by atoms with Crippen LogP contribution in [0.4, 0.5) is 4.39 Å². The van der Waals surface area contributed by atoms with Gasteiger partial charge in [0.25, 0.3) is 5.24 Å². The minimum Gasteiger partial charge on any atom is -0.496 e. The van der Waals surface area contributed by atoms with E-state index in [-0.39, 0.29) is 5.56 Å². The fraction of sp³-hybridized carbons (Fsp3) is 0.222. The summed E-state index contributed by atoms with van der Waals surface area (Å²) < 4.78 is 17.9. The predicted molar refractivity (Wildman–Crippen MR) is 47.9 cm³/mol. The first kappa shape index (κ1) is 9.99. The third-order valence-corrected chi connectivity index (χ3v) is 1.90. The molecule has 0 bridgehead atoms. The first-order valence-corrected chi connectivity index (χ1v) is 3.98. The summed E-state index contributed by atoms with van der Waals surface area (Å²) >= 11 is 5.23. The van der Waals surface area contributed by atoms with Gasteiger partial charge >= 0.3 is 0 Å². The third kappa shape index (κ3) is 1.98. The largest absolute Gasteiger partial charge is 0.496 e. The Morgan fingerprint density at radius 3 is 2.62 bits per heavy atom. The fourth-order valence-corrected chi connectivity index (χ4v) is 1.13. The second kappa shape index (κ2) is 3.75. The topological polar surface area (TPSA) is 26.3 Å². The summed E-state index contributed by atoms with van der Waals surface area (Å²) in [7, 11) is 1.40. The van der Waals surface area contributed by atoms with Crippen LogP contribution in [0.5, 0.6) is 5.75 Å². The zero-order valence-electron chi connectivity index (χ0n) is 7.23. The van der Waals surface area contributed by atoms with Gasteiger partial charge in [-0.15, -0.1) is 0 Å². The van der Waals surface area contributed by atoms with Gasteiger partial charge in [-0.3, -0.25) is 4.79 Å². The number of rotatable bonds is 2. The van der Waals surface area contributed by atoms with Crippen LogP contribution in [-0.2, 0) is 0 Å². The van der Waals surface area contributed by atoms with Crippen molar-refractivity contribution >= 4 is 16.8 Å². The molecule has 70 valence electrons. The molecule has 0 saturated carbocycles. The van der Waals surface area contributed by atoms with Crippen molar-refractivity contribution in [3.05, 3.63) is 29.1 Å². The van der Waals surface area contributed by atoms with E-state index in [1.165, 1.54) is 13.2 Å². The summed E-state index contributed by atoms with van der Waals surface area (Å²) in [6.07, 6.45) is 0. The third-order valence-electron chi connectivity index (χ3n) is 1.69. The van der Waals surface area contributed by atoms with Gasteiger partial charge in [0.1, 0.15) is 11.6 Å². The van der Waals surface area contributed by atoms with E-state index >= 15 is 0 Å². The summed E-state index contributed by atoms with van der Waals surface area (Å²) in [6.45, 7) is 1.58. The van der Waals surface area contributed by atoms with Crippen LogP contribution in [0.2, 0.25) is 0 Å². The molecule has 0 N–H and O–H groups in total. The highest BCUT2D eigenvalue weighted by Gasteiger charge is 2.12. The monoisotopic (exact) mass is 202 g/mol. The van der Waals surface area contributed by atoms with E-state index in [1.807, 2.05) is 0 Å². The van der Waals surface area contributed by atoms with Crippen molar-refractivity contribution in [1.29, 1.82) is 0 Å². The Labute approximate surface area is 80.3 Å². The average Bonchev–Trinajstić information content (AvgIpc) is 2.08. The molecular formula is C9H8ClFO2. The van der Waals surface area contributed by atoms with Gasteiger partial charge in [-0.25, -0.2) is 4.39 Å². The van der Waals surface area contributed by atoms with Crippen molar-refractivity contribution in [2.24, 2.45) is 0 Å². The van der Waals surface area contributed by atoms with Gasteiger partial charge in [0, 0.05) is 0 Å². The Morgan fingerprint density at radius 2 is 2.15 bits per heavy atom. The predicted octanol–water partition coefficient (Wildman–Crippen LogP) is 2.52. The molecule has 1 aromatic carbocycles. The normalized spacial score (nSPS) is 9.85. The van der Waals surface area contributed by atoms with E-state index < -0.39 is 11.1 Å². The van der Waals surface area contributed by atoms with Crippen molar-refractivity contribution in [1.82, 2.24) is 0 Å². The van der Waals surface area contributed by atoms with Crippen molar-refractivity contribution in [2.45, 2.75) is 6.92 Å². The maximum atomic E-state index is 13.0. The lowest BCUT2D eigenvalue weighted by atomic mass is 10.1. The van der Waals surface area contributed by atoms with Crippen LogP contribution in [-0.4, -0.2) is 12.4 Å². The average molecular weight is 203 g/mol. The summed E-state index contributed by atoms with van der Waals surface area (Å²) in [5.41, 5.74) is 0.464. The standard InChI is InChI=1S/C9H8ClFO2/c1-5-3-8(13-2)6(9(10)12)4-7(5)11/h3-4H,1-2H3. The number of ether oxygens (including phenoxy) is 1. The molecule has 0 aliphatic carbocycles. The van der Waals surface area contributed by atoms with Gasteiger partial charge in [0.05, 0.1) is 12.7 Å². The van der Waals surface area contributed by atoms with Crippen LogP contribution in [0.3, 0.4) is 0 Å². The molecule has 4 heteroatoms. The van der Waals surface area contributed by atoms with Gasteiger partial charge in [-0.1, -0.05) is 0 Å². The molecular weight excluding hydrogens is 195 g/mol. The first-order valence-electron chi connectivity index (χ1n) is 3.60. The highest BCUT2D eigenvalue weighted by molar-refractivity contribution is 6.68. The Balaban J connectivity index is 3.33. The Bertz CT molecular complexity index is 350. The van der Waals surface area contributed by atoms with E-state index in [2.05, 4.69) is 0 Å². The molecule has 0 atom stereocenters. The van der Waals surface area contributed by atoms with Crippen molar-refractivity contribution in [3.63, 3.8) is 0 Å². The zero-order chi connectivity index (χ0) is 10.0. The van der Waals surface area contributed by atoms with Crippen LogP contribution in [0, 0.1) is 12.7 Å². The smallest absolute Gasteiger partial charge is 0.256 e. The molecule has 0 fully saturated rings. The number of carbonyl (C=O) groups is 1. The second-order valence-electron chi connectivity index (χ2n) is 2.58. The van der Waals surface area contributed by atoms with Crippen LogP contribution in [0.15, 0.2) is 12.1 Å². The summed E-state index contributed by atoms with van der Waals surface area (Å²) in [5, 5.41) is -0.726. The van der Waals surface area contributed by atoms with Gasteiger partial charge in [0.15, 0.2) is 0 Å². The number of benzene rings is 1. The van der Waals surface area contributed by atoms with Crippen molar-refractivity contribution in [2.75, 3.05) is 7.11 Å². The summed E-state index contributed by atoms with van der Waals surface area (Å²) in [5.74, 6) is -0.177. The van der Waals surface area contributed by atoms with E-state index in [4.69, 9.17) is 16.3 Å². The molecule has 13 heavy (non-hydrogen) atoms. The molecule has 1 aromatic rings. The van der Waals surface area contributed by atoms with Crippen LogP contribution in [0.25, 0.3) is 0 Å². The molecule has 0 amide bonds. The van der Waals surface area contributed by atoms with E-state index in [1.54, 1.807) is 6.92 Å². The van der Waals surface area contributed by atoms with Crippen LogP contribution >= 0.6 is 11.6 Å². The summed E-state index contributed by atoms with van der Waals surface area (Å²) in [6, 6.07) is 2.51. The Morgan fingerprint density at radius 1 is 1.54 bits per heavy atom. The lowest BCUT2D eigenvalue weighted by Crippen LogP contribution is -1.98. The Hall–Kier alpha value is -1.09. The number of hydrogen-bond acceptors (Lipinski definition) is 2. The molecule has 0 aromatic heterocycles. The molecule has 0 saturated heterocycles. The molecule has 0 radical (unpaired) electrons. The highest BCUT2D eigenvalue weighted by atomic mass is 35.5. The minimum atomic E-state index is -0.726. The molecule has 0 aliphatic rings. The number of aryl methyl sites for hydroxylation is 1. The van der Waals surface area contributed by atoms with Gasteiger partial charge in [-0.05, 0) is 36.2 Å². The number of methoxy groups -OCH3 is 1. The fourth-order valence-electron chi connectivity index (χ4n) is 0.978. The number of carbonyl (C=O) groups excluding carboxylic acids is 1. The SMILES string of the molecule is COc1cc(C)c(F)cc1C(=O)Cl. The molecule has 1 rings (SSSR count). The minimum absolute atomic E-state index is 0.0484. The lowest BCUT2D eigenvalue weighted by Gasteiger charge is -2.06. The number of hydrogen-bond donors (Lipinski definition) is 0. The molecule has 2 nitrogen and oxygen atoms in total. The molecule has 0 unspecified atom stereocenters. The maximum absolute atomic E-state index is 13.0. The van der Waals surface area contributed by atoms with Crippen molar-refractivity contribution < 1.29 is 13.9 Å². The van der Waals surface area contributed by atoms with Crippen LogP contribution < -0.4 is 4.74 Å². The molecule has 0 spiro atoms. The second-order valence-corrected chi connectivity index (χ2v) is 2.92. The van der Waals surface area contributed by atoms with E-state index in [0.717, 1.165) is 6.07 Å². The van der Waals surface area contributed by atoms with Gasteiger partial charge in [-0.2, -0.15) is 0 Å². The quantitative estimate of drug-likeness (QED) is 0.689. The lowest BCUT2D eigenvalue weighted by molar-refractivity contribution is 0.107. The number of halogens is 2. The Kier molecular flexibility index (Phi) is 2.88. The summed E-state index contributed by atoms with van der Waals surface area (Å²) in [4.78, 5) is 10.8. The zero-order valence-corrected chi connectivity index (χ0v) is 7.98. The van der Waals surface area contributed by atoms with Gasteiger partial charge in [0.2, 0.25) is 0 Å². The molecule has 0 aliphatic heterocycles. The van der Waals surface area contributed by atoms with E-state index in [0.29, 0.717) is 11.3 Å². The molecule has 0 heterocycles. The highest BCUT2D eigenvalue weighted by Crippen LogP contribution is 2.23. The van der Waals surface area contributed by atoms with Crippen molar-refractivity contribution in [3.8, 4) is 5.75 Å². The van der Waals surface area contributed by atoms with Gasteiger partial charge < -0.3 is 4.74 Å². The van der Waals surface area contributed by atoms with E-state index in [9.17, 15) is 9.18 Å².